The van der Waals surface area contributed by atoms with Gasteiger partial charge in [-0.25, -0.2) is 4.79 Å². The number of fused-ring (bicyclic) bond motifs is 1. The van der Waals surface area contributed by atoms with Gasteiger partial charge in [-0.15, -0.1) is 11.3 Å². The van der Waals surface area contributed by atoms with Gasteiger partial charge in [-0.05, 0) is 92.8 Å². The van der Waals surface area contributed by atoms with Crippen molar-refractivity contribution in [3.05, 3.63) is 81.0 Å². The Balaban J connectivity index is 1.41. The maximum atomic E-state index is 12.6. The fourth-order valence-corrected chi connectivity index (χ4v) is 5.52. The number of carbonyl (C=O) groups is 1. The van der Waals surface area contributed by atoms with Gasteiger partial charge in [-0.2, -0.15) is 0 Å². The highest BCUT2D eigenvalue weighted by atomic mass is 32.1. The van der Waals surface area contributed by atoms with Crippen molar-refractivity contribution in [3.8, 4) is 5.75 Å². The third-order valence-electron chi connectivity index (χ3n) is 6.49. The Morgan fingerprint density at radius 1 is 1.15 bits per heavy atom. The Bertz CT molecular complexity index is 1080. The van der Waals surface area contributed by atoms with Crippen molar-refractivity contribution in [3.63, 3.8) is 0 Å². The molecule has 174 valence electrons. The van der Waals surface area contributed by atoms with Crippen LogP contribution in [-0.2, 0) is 19.3 Å². The minimum absolute atomic E-state index is 0.430. The summed E-state index contributed by atoms with van der Waals surface area (Å²) in [7, 11) is 0. The van der Waals surface area contributed by atoms with Gasteiger partial charge in [-0.1, -0.05) is 42.8 Å². The van der Waals surface area contributed by atoms with Gasteiger partial charge in [-0.3, -0.25) is 10.2 Å². The molecule has 1 unspecified atom stereocenters. The summed E-state index contributed by atoms with van der Waals surface area (Å²) in [6.45, 7) is 8.52. The van der Waals surface area contributed by atoms with Crippen LogP contribution >= 0.6 is 11.3 Å². The first kappa shape index (κ1) is 23.5. The lowest BCUT2D eigenvalue weighted by Gasteiger charge is -2.35. The number of ether oxygens (including phenoxy) is 1. The van der Waals surface area contributed by atoms with E-state index in [0.29, 0.717) is 11.8 Å². The first-order valence-corrected chi connectivity index (χ1v) is 12.8. The van der Waals surface area contributed by atoms with Crippen LogP contribution in [0.2, 0.25) is 0 Å². The molecule has 0 aliphatic heterocycles. The minimum atomic E-state index is -0.430. The smallest absolute Gasteiger partial charge is 0.410 e. The Labute approximate surface area is 201 Å². The maximum Gasteiger partial charge on any atom is 0.417 e. The molecule has 1 heterocycles. The maximum absolute atomic E-state index is 12.6. The molecule has 4 rings (SSSR count). The number of carbonyl (C=O) groups excluding carboxylic acids is 1. The predicted molar refractivity (Wildman–Crippen MR) is 138 cm³/mol. The number of hydrogen-bond donors (Lipinski definition) is 1. The Kier molecular flexibility index (Phi) is 7.84. The standard InChI is InChI=1S/C28H34N2O2S/c1-4-15-30(16-14-24-8-6-17-33-24)23-11-12-25-22(19-23)7-5-9-27(25)32-28(31)29-26-13-10-20(2)18-21(26)3/h5-10,13,17-18,23H,4,11-12,14-16,19H2,1-3H3,(H,29,31). The Morgan fingerprint density at radius 2 is 2.03 bits per heavy atom. The van der Waals surface area contributed by atoms with E-state index >= 15 is 0 Å². The zero-order valence-corrected chi connectivity index (χ0v) is 20.7. The van der Waals surface area contributed by atoms with Crippen LogP contribution in [0.15, 0.2) is 53.9 Å². The number of nitrogens with zero attached hydrogens (tertiary/aromatic N) is 1. The molecular weight excluding hydrogens is 428 g/mol. The first-order valence-electron chi connectivity index (χ1n) is 12.0. The molecule has 0 radical (unpaired) electrons. The van der Waals surface area contributed by atoms with Crippen LogP contribution in [0.4, 0.5) is 10.5 Å². The van der Waals surface area contributed by atoms with Crippen molar-refractivity contribution in [2.24, 2.45) is 0 Å². The van der Waals surface area contributed by atoms with Gasteiger partial charge in [0, 0.05) is 23.2 Å². The van der Waals surface area contributed by atoms with Crippen molar-refractivity contribution in [1.29, 1.82) is 0 Å². The van der Waals surface area contributed by atoms with E-state index in [4.69, 9.17) is 4.74 Å². The zero-order chi connectivity index (χ0) is 23.2. The van der Waals surface area contributed by atoms with Crippen molar-refractivity contribution in [2.75, 3.05) is 18.4 Å². The van der Waals surface area contributed by atoms with E-state index in [9.17, 15) is 4.79 Å². The van der Waals surface area contributed by atoms with Crippen LogP contribution in [0.5, 0.6) is 5.75 Å². The SMILES string of the molecule is CCCN(CCc1cccs1)C1CCc2c(cccc2OC(=O)Nc2ccc(C)cc2C)C1. The Morgan fingerprint density at radius 3 is 2.79 bits per heavy atom. The lowest BCUT2D eigenvalue weighted by Crippen LogP contribution is -2.41. The molecule has 1 amide bonds. The lowest BCUT2D eigenvalue weighted by atomic mass is 9.86. The zero-order valence-electron chi connectivity index (χ0n) is 19.9. The highest BCUT2D eigenvalue weighted by Crippen LogP contribution is 2.32. The van der Waals surface area contributed by atoms with Gasteiger partial charge >= 0.3 is 6.09 Å². The molecule has 0 fully saturated rings. The molecule has 0 saturated carbocycles. The molecule has 1 aliphatic rings. The van der Waals surface area contributed by atoms with Gasteiger partial charge in [0.15, 0.2) is 0 Å². The third kappa shape index (κ3) is 6.04. The van der Waals surface area contributed by atoms with Gasteiger partial charge in [0.2, 0.25) is 0 Å². The number of thiophene rings is 1. The summed E-state index contributed by atoms with van der Waals surface area (Å²) in [6.07, 6.45) is 4.89. The number of anilines is 1. The molecule has 0 saturated heterocycles. The van der Waals surface area contributed by atoms with E-state index in [-0.39, 0.29) is 0 Å². The number of benzene rings is 2. The fourth-order valence-electron chi connectivity index (χ4n) is 4.82. The van der Waals surface area contributed by atoms with Crippen molar-refractivity contribution in [1.82, 2.24) is 4.90 Å². The molecule has 0 spiro atoms. The molecule has 0 bridgehead atoms. The number of amides is 1. The van der Waals surface area contributed by atoms with Crippen molar-refractivity contribution < 1.29 is 9.53 Å². The van der Waals surface area contributed by atoms with Crippen LogP contribution in [0, 0.1) is 13.8 Å². The highest BCUT2D eigenvalue weighted by Gasteiger charge is 2.26. The number of aryl methyl sites for hydroxylation is 2. The molecule has 1 atom stereocenters. The van der Waals surface area contributed by atoms with E-state index in [2.05, 4.69) is 46.8 Å². The summed E-state index contributed by atoms with van der Waals surface area (Å²) in [5.41, 5.74) is 5.48. The van der Waals surface area contributed by atoms with Crippen LogP contribution in [-0.4, -0.2) is 30.1 Å². The topological polar surface area (TPSA) is 41.6 Å². The van der Waals surface area contributed by atoms with Crippen LogP contribution in [0.3, 0.4) is 0 Å². The van der Waals surface area contributed by atoms with Gasteiger partial charge in [0.05, 0.1) is 0 Å². The molecule has 1 aromatic heterocycles. The number of rotatable bonds is 8. The highest BCUT2D eigenvalue weighted by molar-refractivity contribution is 7.09. The quantitative estimate of drug-likeness (QED) is 0.401. The van der Waals surface area contributed by atoms with Crippen LogP contribution in [0.1, 0.15) is 46.9 Å². The van der Waals surface area contributed by atoms with Crippen LogP contribution < -0.4 is 10.1 Å². The summed E-state index contributed by atoms with van der Waals surface area (Å²) >= 11 is 1.85. The summed E-state index contributed by atoms with van der Waals surface area (Å²) in [6, 6.07) is 17.0. The summed E-state index contributed by atoms with van der Waals surface area (Å²) in [4.78, 5) is 16.7. The average Bonchev–Trinajstić information content (AvgIpc) is 3.32. The molecule has 5 heteroatoms. The average molecular weight is 463 g/mol. The molecule has 3 aromatic rings. The fraction of sp³-hybridized carbons (Fsp3) is 0.393. The van der Waals surface area contributed by atoms with E-state index in [1.54, 1.807) is 0 Å². The van der Waals surface area contributed by atoms with Gasteiger partial charge in [0.1, 0.15) is 5.75 Å². The normalized spacial score (nSPS) is 15.3. The lowest BCUT2D eigenvalue weighted by molar-refractivity contribution is 0.181. The second-order valence-corrected chi connectivity index (χ2v) is 10.0. The number of nitrogens with one attached hydrogen (secondary N) is 1. The van der Waals surface area contributed by atoms with E-state index in [0.717, 1.165) is 56.4 Å². The second kappa shape index (κ2) is 11.0. The first-order chi connectivity index (χ1) is 16.0. The van der Waals surface area contributed by atoms with Crippen LogP contribution in [0.25, 0.3) is 0 Å². The van der Waals surface area contributed by atoms with Gasteiger partial charge in [0.25, 0.3) is 0 Å². The monoisotopic (exact) mass is 462 g/mol. The summed E-state index contributed by atoms with van der Waals surface area (Å²) in [5, 5.41) is 5.06. The predicted octanol–water partition coefficient (Wildman–Crippen LogP) is 6.79. The molecule has 1 aliphatic carbocycles. The molecule has 1 N–H and O–H groups in total. The van der Waals surface area contributed by atoms with E-state index in [1.807, 2.05) is 49.4 Å². The molecular formula is C28H34N2O2S. The van der Waals surface area contributed by atoms with Crippen molar-refractivity contribution in [2.45, 2.75) is 58.9 Å². The minimum Gasteiger partial charge on any atom is -0.410 e. The number of hydrogen-bond acceptors (Lipinski definition) is 4. The third-order valence-corrected chi connectivity index (χ3v) is 7.42. The summed E-state index contributed by atoms with van der Waals surface area (Å²) in [5.74, 6) is 0.689. The largest absolute Gasteiger partial charge is 0.417 e. The molecule has 33 heavy (non-hydrogen) atoms. The van der Waals surface area contributed by atoms with Gasteiger partial charge < -0.3 is 4.74 Å². The Hall–Kier alpha value is -2.63. The van der Waals surface area contributed by atoms with Crippen molar-refractivity contribution >= 4 is 23.1 Å². The van der Waals surface area contributed by atoms with E-state index < -0.39 is 6.09 Å². The summed E-state index contributed by atoms with van der Waals surface area (Å²) < 4.78 is 5.78. The molecule has 4 nitrogen and oxygen atoms in total. The second-order valence-electron chi connectivity index (χ2n) is 8.99. The molecule has 2 aromatic carbocycles. The van der Waals surface area contributed by atoms with E-state index in [1.165, 1.54) is 21.6 Å².